The van der Waals surface area contributed by atoms with Crippen molar-refractivity contribution in [2.75, 3.05) is 19.8 Å². The summed E-state index contributed by atoms with van der Waals surface area (Å²) in [5.74, 6) is -2.24. The van der Waals surface area contributed by atoms with Crippen LogP contribution in [0, 0.1) is 18.3 Å². The van der Waals surface area contributed by atoms with E-state index in [1.807, 2.05) is 0 Å². The fourth-order valence-corrected chi connectivity index (χ4v) is 5.00. The predicted molar refractivity (Wildman–Crippen MR) is 112 cm³/mol. The highest BCUT2D eigenvalue weighted by atomic mass is 32.2. The average Bonchev–Trinajstić information content (AvgIpc) is 3.40. The third-order valence-corrected chi connectivity index (χ3v) is 6.86. The predicted octanol–water partition coefficient (Wildman–Crippen LogP) is 1.64. The maximum absolute atomic E-state index is 13.1. The standard InChI is InChI=1S/C22H22N2O8S/c1-3-29-21(26)19(32-33(27,28)15-6-4-14(2)5-7-15)16-12-18-22(30-10-11-31-22)8-9-24(18)20(25)17(16)13-23/h4-7,12,19H,3,8-11H2,1-2H3. The smallest absolute Gasteiger partial charge is 0.341 e. The van der Waals surface area contributed by atoms with Crippen LogP contribution in [0.4, 0.5) is 0 Å². The number of carbonyl (C=O) groups excluding carboxylic acids is 1. The monoisotopic (exact) mass is 474 g/mol. The lowest BCUT2D eigenvalue weighted by atomic mass is 10.0. The van der Waals surface area contributed by atoms with Crippen molar-refractivity contribution in [1.29, 1.82) is 5.26 Å². The van der Waals surface area contributed by atoms with Crippen LogP contribution in [0.15, 0.2) is 40.0 Å². The lowest BCUT2D eigenvalue weighted by Gasteiger charge is -2.24. The molecule has 4 rings (SSSR count). The second-order valence-corrected chi connectivity index (χ2v) is 9.20. The Hall–Kier alpha value is -3.04. The van der Waals surface area contributed by atoms with Gasteiger partial charge in [-0.1, -0.05) is 17.7 Å². The lowest BCUT2D eigenvalue weighted by molar-refractivity contribution is -0.163. The summed E-state index contributed by atoms with van der Waals surface area (Å²) in [6.07, 6.45) is -1.54. The maximum atomic E-state index is 13.1. The van der Waals surface area contributed by atoms with Gasteiger partial charge in [0, 0.05) is 18.5 Å². The van der Waals surface area contributed by atoms with Crippen LogP contribution in [-0.4, -0.2) is 38.8 Å². The van der Waals surface area contributed by atoms with Gasteiger partial charge >= 0.3 is 5.97 Å². The Morgan fingerprint density at radius 1 is 1.27 bits per heavy atom. The lowest BCUT2D eigenvalue weighted by Crippen LogP contribution is -2.32. The molecule has 2 aromatic rings. The first-order valence-corrected chi connectivity index (χ1v) is 11.8. The molecular formula is C22H22N2O8S. The van der Waals surface area contributed by atoms with Crippen LogP contribution in [-0.2, 0) is 45.6 Å². The number of nitrogens with zero attached hydrogens (tertiary/aromatic N) is 2. The molecule has 3 heterocycles. The van der Waals surface area contributed by atoms with Crippen molar-refractivity contribution in [2.45, 2.75) is 43.6 Å². The topological polar surface area (TPSA) is 134 Å². The van der Waals surface area contributed by atoms with E-state index in [1.165, 1.54) is 22.8 Å². The molecule has 0 saturated carbocycles. The van der Waals surface area contributed by atoms with Crippen molar-refractivity contribution in [3.63, 3.8) is 0 Å². The van der Waals surface area contributed by atoms with E-state index in [2.05, 4.69) is 0 Å². The molecule has 1 saturated heterocycles. The summed E-state index contributed by atoms with van der Waals surface area (Å²) in [6, 6.07) is 8.99. The van der Waals surface area contributed by atoms with Gasteiger partial charge in [-0.15, -0.1) is 0 Å². The Balaban J connectivity index is 1.85. The van der Waals surface area contributed by atoms with Crippen LogP contribution >= 0.6 is 0 Å². The van der Waals surface area contributed by atoms with Gasteiger partial charge in [-0.2, -0.15) is 13.7 Å². The number of carbonyl (C=O) groups is 1. The number of nitriles is 1. The van der Waals surface area contributed by atoms with E-state index in [0.717, 1.165) is 5.56 Å². The number of ether oxygens (including phenoxy) is 3. The fraction of sp³-hybridized carbons (Fsp3) is 0.409. The van der Waals surface area contributed by atoms with Crippen LogP contribution in [0.3, 0.4) is 0 Å². The number of hydrogen-bond donors (Lipinski definition) is 0. The molecule has 2 aliphatic heterocycles. The minimum Gasteiger partial charge on any atom is -0.464 e. The summed E-state index contributed by atoms with van der Waals surface area (Å²) in [5, 5.41) is 9.71. The second kappa shape index (κ2) is 8.72. The number of rotatable bonds is 6. The molecule has 1 aromatic carbocycles. The van der Waals surface area contributed by atoms with Crippen molar-refractivity contribution >= 4 is 16.1 Å². The van der Waals surface area contributed by atoms with Crippen LogP contribution in [0.25, 0.3) is 0 Å². The summed E-state index contributed by atoms with van der Waals surface area (Å²) in [7, 11) is -4.45. The number of pyridine rings is 1. The Bertz CT molecular complexity index is 1290. The number of aryl methyl sites for hydroxylation is 1. The maximum Gasteiger partial charge on any atom is 0.341 e. The zero-order valence-corrected chi connectivity index (χ0v) is 18.9. The first-order valence-electron chi connectivity index (χ1n) is 10.4. The van der Waals surface area contributed by atoms with Gasteiger partial charge in [0.1, 0.15) is 11.6 Å². The van der Waals surface area contributed by atoms with Gasteiger partial charge in [0.15, 0.2) is 0 Å². The van der Waals surface area contributed by atoms with Gasteiger partial charge in [-0.3, -0.25) is 4.79 Å². The van der Waals surface area contributed by atoms with E-state index in [4.69, 9.17) is 18.4 Å². The van der Waals surface area contributed by atoms with Gasteiger partial charge < -0.3 is 18.8 Å². The molecule has 11 heteroatoms. The normalized spacial score (nSPS) is 17.5. The SMILES string of the molecule is CCOC(=O)C(OS(=O)(=O)c1ccc(C)cc1)c1cc2n(c(=O)c1C#N)CCC21OCCO1. The van der Waals surface area contributed by atoms with Crippen molar-refractivity contribution in [1.82, 2.24) is 4.57 Å². The van der Waals surface area contributed by atoms with Crippen LogP contribution in [0.1, 0.15) is 41.8 Å². The van der Waals surface area contributed by atoms with Crippen molar-refractivity contribution in [3.05, 3.63) is 63.1 Å². The molecule has 1 unspecified atom stereocenters. The van der Waals surface area contributed by atoms with Gasteiger partial charge in [0.2, 0.25) is 11.9 Å². The number of aromatic nitrogens is 1. The zero-order valence-electron chi connectivity index (χ0n) is 18.1. The first-order chi connectivity index (χ1) is 15.7. The number of fused-ring (bicyclic) bond motifs is 2. The first kappa shape index (κ1) is 23.1. The Morgan fingerprint density at radius 3 is 2.55 bits per heavy atom. The van der Waals surface area contributed by atoms with E-state index in [0.29, 0.717) is 25.3 Å². The van der Waals surface area contributed by atoms with E-state index < -0.39 is 39.1 Å². The van der Waals surface area contributed by atoms with Gasteiger partial charge in [0.25, 0.3) is 15.7 Å². The van der Waals surface area contributed by atoms with Crippen molar-refractivity contribution in [2.24, 2.45) is 0 Å². The van der Waals surface area contributed by atoms with E-state index in [-0.39, 0.29) is 23.6 Å². The summed E-state index contributed by atoms with van der Waals surface area (Å²) in [5.41, 5.74) is -0.193. The Morgan fingerprint density at radius 2 is 1.94 bits per heavy atom. The summed E-state index contributed by atoms with van der Waals surface area (Å²) >= 11 is 0. The zero-order chi connectivity index (χ0) is 23.8. The van der Waals surface area contributed by atoms with Crippen LogP contribution < -0.4 is 5.56 Å². The minimum absolute atomic E-state index is 0.0642. The Labute approximate surface area is 190 Å². The second-order valence-electron chi connectivity index (χ2n) is 7.62. The van der Waals surface area contributed by atoms with E-state index in [9.17, 15) is 23.3 Å². The largest absolute Gasteiger partial charge is 0.464 e. The molecule has 2 aliphatic rings. The summed E-state index contributed by atoms with van der Waals surface area (Å²) in [6.45, 7) is 4.13. The highest BCUT2D eigenvalue weighted by molar-refractivity contribution is 7.86. The number of esters is 1. The quantitative estimate of drug-likeness (QED) is 0.452. The molecule has 1 fully saturated rings. The third-order valence-electron chi connectivity index (χ3n) is 5.57. The molecule has 1 atom stereocenters. The Kier molecular flexibility index (Phi) is 6.11. The molecule has 33 heavy (non-hydrogen) atoms. The average molecular weight is 474 g/mol. The number of benzene rings is 1. The van der Waals surface area contributed by atoms with Gasteiger partial charge in [-0.25, -0.2) is 8.98 Å². The van der Waals surface area contributed by atoms with E-state index in [1.54, 1.807) is 32.0 Å². The molecule has 0 amide bonds. The molecule has 0 aliphatic carbocycles. The molecular weight excluding hydrogens is 452 g/mol. The van der Waals surface area contributed by atoms with Gasteiger partial charge in [0.05, 0.1) is 30.4 Å². The molecule has 0 bridgehead atoms. The molecule has 0 N–H and O–H groups in total. The highest BCUT2D eigenvalue weighted by Gasteiger charge is 2.47. The summed E-state index contributed by atoms with van der Waals surface area (Å²) in [4.78, 5) is 25.7. The van der Waals surface area contributed by atoms with Gasteiger partial charge in [-0.05, 0) is 32.0 Å². The number of hydrogen-bond acceptors (Lipinski definition) is 9. The van der Waals surface area contributed by atoms with Crippen molar-refractivity contribution in [3.8, 4) is 6.07 Å². The van der Waals surface area contributed by atoms with E-state index >= 15 is 0 Å². The third kappa shape index (κ3) is 4.06. The minimum atomic E-state index is -4.45. The van der Waals surface area contributed by atoms with Crippen molar-refractivity contribution < 1.29 is 31.6 Å². The molecule has 1 spiro atoms. The molecule has 1 aromatic heterocycles. The van der Waals surface area contributed by atoms with Crippen LogP contribution in [0.5, 0.6) is 0 Å². The summed E-state index contributed by atoms with van der Waals surface area (Å²) < 4.78 is 49.1. The highest BCUT2D eigenvalue weighted by Crippen LogP contribution is 2.41. The molecule has 174 valence electrons. The molecule has 0 radical (unpaired) electrons. The van der Waals surface area contributed by atoms with Crippen LogP contribution in [0.2, 0.25) is 0 Å². The fourth-order valence-electron chi connectivity index (χ4n) is 3.98. The molecule has 10 nitrogen and oxygen atoms in total.